The van der Waals surface area contributed by atoms with E-state index in [0.29, 0.717) is 6.54 Å². The Balaban J connectivity index is 3.12. The van der Waals surface area contributed by atoms with Crippen LogP contribution in [0.4, 0.5) is 11.5 Å². The van der Waals surface area contributed by atoms with Crippen LogP contribution in [0.2, 0.25) is 5.02 Å². The number of rotatable bonds is 4. The maximum Gasteiger partial charge on any atom is 0.313 e. The molecule has 1 aromatic heterocycles. The molecule has 1 rings (SSSR count). The summed E-state index contributed by atoms with van der Waals surface area (Å²) >= 11 is 5.67. The average molecular weight is 242 g/mol. The quantitative estimate of drug-likeness (QED) is 0.462. The predicted molar refractivity (Wildman–Crippen MR) is 64.0 cm³/mol. The van der Waals surface area contributed by atoms with Gasteiger partial charge in [0.15, 0.2) is 0 Å². The highest BCUT2D eigenvalue weighted by atomic mass is 35.5. The summed E-state index contributed by atoms with van der Waals surface area (Å²) in [6, 6.07) is 1.29. The fourth-order valence-electron chi connectivity index (χ4n) is 1.33. The molecule has 0 unspecified atom stereocenters. The number of pyridine rings is 1. The first-order valence-corrected chi connectivity index (χ1v) is 4.95. The van der Waals surface area contributed by atoms with Crippen LogP contribution in [-0.4, -0.2) is 23.5 Å². The second-order valence-electron chi connectivity index (χ2n) is 3.57. The van der Waals surface area contributed by atoms with E-state index in [0.717, 1.165) is 5.57 Å². The van der Waals surface area contributed by atoms with Gasteiger partial charge in [-0.25, -0.2) is 4.98 Å². The molecule has 5 nitrogen and oxygen atoms in total. The van der Waals surface area contributed by atoms with Gasteiger partial charge in [-0.3, -0.25) is 10.1 Å². The Morgan fingerprint density at radius 2 is 2.38 bits per heavy atom. The first-order chi connectivity index (χ1) is 7.41. The van der Waals surface area contributed by atoms with Crippen molar-refractivity contribution in [2.24, 2.45) is 0 Å². The zero-order chi connectivity index (χ0) is 12.3. The monoisotopic (exact) mass is 241 g/mol. The SMILES string of the molecule is C=C(C)CN(C)c1ncc(Cl)cc1[N+](=O)[O-]. The number of halogens is 1. The summed E-state index contributed by atoms with van der Waals surface area (Å²) in [5.41, 5.74) is 0.796. The first-order valence-electron chi connectivity index (χ1n) is 4.57. The summed E-state index contributed by atoms with van der Waals surface area (Å²) in [5.74, 6) is 0.289. The summed E-state index contributed by atoms with van der Waals surface area (Å²) in [4.78, 5) is 16.0. The van der Waals surface area contributed by atoms with Crippen molar-refractivity contribution in [3.63, 3.8) is 0 Å². The van der Waals surface area contributed by atoms with Gasteiger partial charge in [-0.15, -0.1) is 0 Å². The fourth-order valence-corrected chi connectivity index (χ4v) is 1.48. The van der Waals surface area contributed by atoms with Crippen molar-refractivity contribution >= 4 is 23.1 Å². The van der Waals surface area contributed by atoms with Crippen LogP contribution in [0.15, 0.2) is 24.4 Å². The molecule has 0 saturated heterocycles. The molecule has 6 heteroatoms. The Kier molecular flexibility index (Phi) is 3.84. The van der Waals surface area contributed by atoms with Crippen LogP contribution < -0.4 is 4.90 Å². The molecule has 0 spiro atoms. The molecule has 0 aliphatic rings. The summed E-state index contributed by atoms with van der Waals surface area (Å²) < 4.78 is 0. The summed E-state index contributed by atoms with van der Waals surface area (Å²) in [5, 5.41) is 11.1. The molecule has 0 amide bonds. The minimum absolute atomic E-state index is 0.101. The van der Waals surface area contributed by atoms with Gasteiger partial charge >= 0.3 is 5.69 Å². The number of nitrogens with zero attached hydrogens (tertiary/aromatic N) is 3. The second-order valence-corrected chi connectivity index (χ2v) is 4.00. The van der Waals surface area contributed by atoms with Crippen molar-refractivity contribution in [1.29, 1.82) is 0 Å². The van der Waals surface area contributed by atoms with Gasteiger partial charge in [-0.05, 0) is 6.92 Å². The van der Waals surface area contributed by atoms with Crippen LogP contribution in [0.3, 0.4) is 0 Å². The molecule has 0 fully saturated rings. The number of anilines is 1. The van der Waals surface area contributed by atoms with Crippen LogP contribution in [0.25, 0.3) is 0 Å². The highest BCUT2D eigenvalue weighted by Gasteiger charge is 2.19. The lowest BCUT2D eigenvalue weighted by molar-refractivity contribution is -0.384. The molecule has 1 aromatic rings. The van der Waals surface area contributed by atoms with Gasteiger partial charge in [0.25, 0.3) is 0 Å². The van der Waals surface area contributed by atoms with E-state index in [1.807, 2.05) is 6.92 Å². The van der Waals surface area contributed by atoms with Crippen LogP contribution >= 0.6 is 11.6 Å². The first kappa shape index (κ1) is 12.4. The van der Waals surface area contributed by atoms with Crippen molar-refractivity contribution in [3.05, 3.63) is 39.6 Å². The molecule has 0 aliphatic carbocycles. The lowest BCUT2D eigenvalue weighted by Crippen LogP contribution is -2.21. The smallest absolute Gasteiger partial charge is 0.313 e. The third kappa shape index (κ3) is 2.93. The van der Waals surface area contributed by atoms with Crippen molar-refractivity contribution in [2.75, 3.05) is 18.5 Å². The van der Waals surface area contributed by atoms with Crippen LogP contribution in [-0.2, 0) is 0 Å². The molecule has 0 bridgehead atoms. The zero-order valence-electron chi connectivity index (χ0n) is 9.11. The minimum Gasteiger partial charge on any atom is -0.350 e. The minimum atomic E-state index is -0.497. The largest absolute Gasteiger partial charge is 0.350 e. The van der Waals surface area contributed by atoms with E-state index in [1.165, 1.54) is 12.3 Å². The molecule has 0 aromatic carbocycles. The normalized spacial score (nSPS) is 9.94. The zero-order valence-corrected chi connectivity index (χ0v) is 9.86. The molecule has 86 valence electrons. The fraction of sp³-hybridized carbons (Fsp3) is 0.300. The van der Waals surface area contributed by atoms with E-state index in [-0.39, 0.29) is 16.5 Å². The average Bonchev–Trinajstić information content (AvgIpc) is 2.16. The topological polar surface area (TPSA) is 59.3 Å². The Morgan fingerprint density at radius 3 is 2.88 bits per heavy atom. The van der Waals surface area contributed by atoms with Crippen LogP contribution in [0.1, 0.15) is 6.92 Å². The lowest BCUT2D eigenvalue weighted by atomic mass is 10.3. The number of likely N-dealkylation sites (N-methyl/N-ethyl adjacent to an activating group) is 1. The highest BCUT2D eigenvalue weighted by Crippen LogP contribution is 2.27. The maximum absolute atomic E-state index is 10.8. The van der Waals surface area contributed by atoms with E-state index in [9.17, 15) is 10.1 Å². The van der Waals surface area contributed by atoms with Gasteiger partial charge in [-0.2, -0.15) is 0 Å². The Hall–Kier alpha value is -1.62. The standard InChI is InChI=1S/C10H12ClN3O2/c1-7(2)6-13(3)10-9(14(15)16)4-8(11)5-12-10/h4-5H,1,6H2,2-3H3. The van der Waals surface area contributed by atoms with E-state index in [1.54, 1.807) is 11.9 Å². The van der Waals surface area contributed by atoms with E-state index >= 15 is 0 Å². The van der Waals surface area contributed by atoms with E-state index in [4.69, 9.17) is 11.6 Å². The Morgan fingerprint density at radius 1 is 1.75 bits per heavy atom. The van der Waals surface area contributed by atoms with Gasteiger partial charge < -0.3 is 4.90 Å². The summed E-state index contributed by atoms with van der Waals surface area (Å²) in [6.07, 6.45) is 1.39. The third-order valence-electron chi connectivity index (χ3n) is 1.88. The summed E-state index contributed by atoms with van der Waals surface area (Å²) in [6.45, 7) is 6.10. The lowest BCUT2D eigenvalue weighted by Gasteiger charge is -2.17. The molecular formula is C10H12ClN3O2. The van der Waals surface area contributed by atoms with Crippen LogP contribution in [0, 0.1) is 10.1 Å². The van der Waals surface area contributed by atoms with Crippen molar-refractivity contribution in [2.45, 2.75) is 6.92 Å². The molecule has 16 heavy (non-hydrogen) atoms. The molecule has 0 saturated carbocycles. The van der Waals surface area contributed by atoms with E-state index < -0.39 is 4.92 Å². The van der Waals surface area contributed by atoms with Gasteiger partial charge in [0.2, 0.25) is 5.82 Å². The number of aromatic nitrogens is 1. The Bertz CT molecular complexity index is 434. The summed E-state index contributed by atoms with van der Waals surface area (Å²) in [7, 11) is 1.72. The van der Waals surface area contributed by atoms with Crippen molar-refractivity contribution in [1.82, 2.24) is 4.98 Å². The van der Waals surface area contributed by atoms with Crippen molar-refractivity contribution in [3.8, 4) is 0 Å². The van der Waals surface area contributed by atoms with Gasteiger partial charge in [0, 0.05) is 25.9 Å². The molecule has 0 atom stereocenters. The van der Waals surface area contributed by atoms with Gasteiger partial charge in [0.1, 0.15) is 0 Å². The maximum atomic E-state index is 10.8. The number of nitro groups is 1. The third-order valence-corrected chi connectivity index (χ3v) is 2.09. The van der Waals surface area contributed by atoms with Gasteiger partial charge in [0.05, 0.1) is 9.95 Å². The molecule has 0 radical (unpaired) electrons. The molecule has 1 heterocycles. The Labute approximate surface area is 98.5 Å². The number of hydrogen-bond acceptors (Lipinski definition) is 4. The molecular weight excluding hydrogens is 230 g/mol. The van der Waals surface area contributed by atoms with Gasteiger partial charge in [-0.1, -0.05) is 23.8 Å². The van der Waals surface area contributed by atoms with E-state index in [2.05, 4.69) is 11.6 Å². The van der Waals surface area contributed by atoms with Crippen LogP contribution in [0.5, 0.6) is 0 Å². The predicted octanol–water partition coefficient (Wildman–Crippen LogP) is 2.66. The molecule has 0 N–H and O–H groups in total. The van der Waals surface area contributed by atoms with Crippen molar-refractivity contribution < 1.29 is 4.92 Å². The second kappa shape index (κ2) is 4.94. The number of hydrogen-bond donors (Lipinski definition) is 0. The highest BCUT2D eigenvalue weighted by molar-refractivity contribution is 6.30. The molecule has 0 aliphatic heterocycles.